The molecule has 0 aliphatic rings. The molecule has 0 heterocycles. The summed E-state index contributed by atoms with van der Waals surface area (Å²) in [6.45, 7) is 12.5. The van der Waals surface area contributed by atoms with Gasteiger partial charge in [-0.05, 0) is 26.8 Å². The lowest BCUT2D eigenvalue weighted by molar-refractivity contribution is 0.0470. The molecule has 19 heavy (non-hydrogen) atoms. The quantitative estimate of drug-likeness (QED) is 0.847. The van der Waals surface area contributed by atoms with Gasteiger partial charge in [0.15, 0.2) is 0 Å². The number of nitrogens with one attached hydrogen (secondary N) is 1. The molecular weight excluding hydrogens is 241 g/mol. The second kappa shape index (κ2) is 6.49. The molecule has 0 fully saturated rings. The summed E-state index contributed by atoms with van der Waals surface area (Å²) in [6.07, 6.45) is 0. The molecular formula is C16H26FNO. The summed E-state index contributed by atoms with van der Waals surface area (Å²) >= 11 is 0. The molecule has 0 aliphatic heterocycles. The lowest BCUT2D eigenvalue weighted by Crippen LogP contribution is -2.43. The van der Waals surface area contributed by atoms with Gasteiger partial charge >= 0.3 is 0 Å². The van der Waals surface area contributed by atoms with E-state index in [1.54, 1.807) is 12.1 Å². The van der Waals surface area contributed by atoms with Gasteiger partial charge in [0, 0.05) is 23.1 Å². The maximum atomic E-state index is 13.4. The molecule has 1 N–H and O–H groups in total. The summed E-state index contributed by atoms with van der Waals surface area (Å²) in [5, 5.41) is 3.47. The molecule has 0 unspecified atom stereocenters. The van der Waals surface area contributed by atoms with Crippen LogP contribution in [0.5, 0.6) is 0 Å². The zero-order valence-corrected chi connectivity index (χ0v) is 12.7. The van der Waals surface area contributed by atoms with Gasteiger partial charge in [0.1, 0.15) is 5.82 Å². The molecule has 0 aromatic heterocycles. The van der Waals surface area contributed by atoms with Gasteiger partial charge in [-0.3, -0.25) is 0 Å². The summed E-state index contributed by atoms with van der Waals surface area (Å²) in [6, 6.07) is 6.74. The Morgan fingerprint density at radius 2 is 1.74 bits per heavy atom. The minimum atomic E-state index is -0.201. The Morgan fingerprint density at radius 3 is 2.32 bits per heavy atom. The van der Waals surface area contributed by atoms with E-state index in [4.69, 9.17) is 4.74 Å². The van der Waals surface area contributed by atoms with Gasteiger partial charge in [0.05, 0.1) is 13.2 Å². The van der Waals surface area contributed by atoms with E-state index in [-0.39, 0.29) is 16.8 Å². The Labute approximate surface area is 116 Å². The van der Waals surface area contributed by atoms with Gasteiger partial charge in [0.2, 0.25) is 0 Å². The van der Waals surface area contributed by atoms with Crippen LogP contribution in [0.3, 0.4) is 0 Å². The molecule has 108 valence electrons. The third-order valence-electron chi connectivity index (χ3n) is 2.81. The highest BCUT2D eigenvalue weighted by molar-refractivity contribution is 5.16. The van der Waals surface area contributed by atoms with Crippen molar-refractivity contribution in [2.24, 2.45) is 5.41 Å². The van der Waals surface area contributed by atoms with E-state index in [2.05, 4.69) is 39.9 Å². The molecule has 1 aromatic carbocycles. The largest absolute Gasteiger partial charge is 0.376 e. The summed E-state index contributed by atoms with van der Waals surface area (Å²) in [5.74, 6) is -0.201. The van der Waals surface area contributed by atoms with E-state index in [1.807, 2.05) is 6.07 Å². The normalized spacial score (nSPS) is 12.7. The first kappa shape index (κ1) is 16.1. The fraction of sp³-hybridized carbons (Fsp3) is 0.625. The second-order valence-corrected chi connectivity index (χ2v) is 6.85. The van der Waals surface area contributed by atoms with Gasteiger partial charge in [-0.2, -0.15) is 0 Å². The van der Waals surface area contributed by atoms with Gasteiger partial charge in [-0.15, -0.1) is 0 Å². The van der Waals surface area contributed by atoms with E-state index in [0.717, 1.165) is 6.54 Å². The van der Waals surface area contributed by atoms with Crippen molar-refractivity contribution in [3.63, 3.8) is 0 Å². The minimum Gasteiger partial charge on any atom is -0.376 e. The van der Waals surface area contributed by atoms with Crippen LogP contribution in [0, 0.1) is 11.2 Å². The average Bonchev–Trinajstić information content (AvgIpc) is 2.28. The Hall–Kier alpha value is -0.930. The predicted octanol–water partition coefficient (Wildman–Crippen LogP) is 3.76. The monoisotopic (exact) mass is 267 g/mol. The number of rotatable bonds is 6. The third kappa shape index (κ3) is 6.69. The van der Waals surface area contributed by atoms with Crippen molar-refractivity contribution in [2.45, 2.75) is 46.8 Å². The first-order chi connectivity index (χ1) is 8.70. The van der Waals surface area contributed by atoms with Crippen LogP contribution in [0.1, 0.15) is 40.2 Å². The Balaban J connectivity index is 2.37. The van der Waals surface area contributed by atoms with Gasteiger partial charge in [-0.25, -0.2) is 4.39 Å². The van der Waals surface area contributed by atoms with E-state index in [0.29, 0.717) is 18.8 Å². The van der Waals surface area contributed by atoms with Crippen LogP contribution >= 0.6 is 0 Å². The molecule has 1 rings (SSSR count). The maximum absolute atomic E-state index is 13.4. The molecule has 0 bridgehead atoms. The molecule has 0 saturated heterocycles. The smallest absolute Gasteiger partial charge is 0.128 e. The molecule has 0 atom stereocenters. The highest BCUT2D eigenvalue weighted by Gasteiger charge is 2.21. The van der Waals surface area contributed by atoms with Crippen molar-refractivity contribution in [3.05, 3.63) is 35.6 Å². The summed E-state index contributed by atoms with van der Waals surface area (Å²) in [7, 11) is 0. The first-order valence-corrected chi connectivity index (χ1v) is 6.76. The van der Waals surface area contributed by atoms with Crippen LogP contribution in [-0.2, 0) is 11.3 Å². The summed E-state index contributed by atoms with van der Waals surface area (Å²) in [4.78, 5) is 0. The highest BCUT2D eigenvalue weighted by Crippen LogP contribution is 2.17. The zero-order valence-electron chi connectivity index (χ0n) is 12.7. The van der Waals surface area contributed by atoms with Crippen LogP contribution in [0.15, 0.2) is 24.3 Å². The van der Waals surface area contributed by atoms with Crippen LogP contribution in [-0.4, -0.2) is 18.7 Å². The molecule has 0 radical (unpaired) electrons. The fourth-order valence-corrected chi connectivity index (χ4v) is 1.61. The van der Waals surface area contributed by atoms with Gasteiger partial charge in [-0.1, -0.05) is 32.0 Å². The molecule has 0 amide bonds. The van der Waals surface area contributed by atoms with E-state index in [1.165, 1.54) is 6.07 Å². The van der Waals surface area contributed by atoms with Gasteiger partial charge in [0.25, 0.3) is 0 Å². The van der Waals surface area contributed by atoms with Crippen molar-refractivity contribution in [1.29, 1.82) is 0 Å². The van der Waals surface area contributed by atoms with E-state index in [9.17, 15) is 4.39 Å². The zero-order chi connectivity index (χ0) is 14.5. The number of ether oxygens (including phenoxy) is 1. The number of hydrogen-bond donors (Lipinski definition) is 1. The Kier molecular flexibility index (Phi) is 5.50. The average molecular weight is 267 g/mol. The number of hydrogen-bond acceptors (Lipinski definition) is 2. The number of halogens is 1. The van der Waals surface area contributed by atoms with Crippen molar-refractivity contribution >= 4 is 0 Å². The van der Waals surface area contributed by atoms with Crippen molar-refractivity contribution in [1.82, 2.24) is 5.32 Å². The molecule has 0 spiro atoms. The second-order valence-electron chi connectivity index (χ2n) is 6.85. The van der Waals surface area contributed by atoms with Crippen LogP contribution in [0.4, 0.5) is 4.39 Å². The SMILES string of the molecule is CC(C)(CNC(C)(C)C)COCc1ccccc1F. The van der Waals surface area contributed by atoms with Crippen LogP contribution in [0.25, 0.3) is 0 Å². The summed E-state index contributed by atoms with van der Waals surface area (Å²) in [5.41, 5.74) is 0.739. The van der Waals surface area contributed by atoms with Crippen molar-refractivity contribution in [3.8, 4) is 0 Å². The van der Waals surface area contributed by atoms with Crippen molar-refractivity contribution < 1.29 is 9.13 Å². The molecule has 2 nitrogen and oxygen atoms in total. The Morgan fingerprint density at radius 1 is 1.11 bits per heavy atom. The van der Waals surface area contributed by atoms with E-state index >= 15 is 0 Å². The van der Waals surface area contributed by atoms with E-state index < -0.39 is 0 Å². The molecule has 3 heteroatoms. The van der Waals surface area contributed by atoms with Crippen molar-refractivity contribution in [2.75, 3.05) is 13.2 Å². The van der Waals surface area contributed by atoms with Crippen LogP contribution < -0.4 is 5.32 Å². The minimum absolute atomic E-state index is 0.0263. The fourth-order valence-electron chi connectivity index (χ4n) is 1.61. The first-order valence-electron chi connectivity index (χ1n) is 6.76. The predicted molar refractivity (Wildman–Crippen MR) is 77.6 cm³/mol. The van der Waals surface area contributed by atoms with Crippen LogP contribution in [0.2, 0.25) is 0 Å². The standard InChI is InChI=1S/C16H26FNO/c1-15(2,3)18-11-16(4,5)12-19-10-13-8-6-7-9-14(13)17/h6-9,18H,10-12H2,1-5H3. The lowest BCUT2D eigenvalue weighted by Gasteiger charge is -2.30. The highest BCUT2D eigenvalue weighted by atomic mass is 19.1. The third-order valence-corrected chi connectivity index (χ3v) is 2.81. The van der Waals surface area contributed by atoms with Gasteiger partial charge < -0.3 is 10.1 Å². The molecule has 0 saturated carbocycles. The summed E-state index contributed by atoms with van der Waals surface area (Å²) < 4.78 is 19.1. The number of benzene rings is 1. The topological polar surface area (TPSA) is 21.3 Å². The Bertz CT molecular complexity index is 396. The molecule has 0 aliphatic carbocycles. The lowest BCUT2D eigenvalue weighted by atomic mass is 9.93. The maximum Gasteiger partial charge on any atom is 0.128 e. The molecule has 1 aromatic rings.